The summed E-state index contributed by atoms with van der Waals surface area (Å²) >= 11 is 0. The Bertz CT molecular complexity index is 563. The van der Waals surface area contributed by atoms with Crippen LogP contribution in [-0.4, -0.2) is 51.8 Å². The van der Waals surface area contributed by atoms with Crippen molar-refractivity contribution in [1.29, 1.82) is 0 Å². The Kier molecular flexibility index (Phi) is 11.0. The molecule has 0 radical (unpaired) electrons. The Morgan fingerprint density at radius 3 is 2.72 bits per heavy atom. The lowest BCUT2D eigenvalue weighted by atomic mass is 10.1. The van der Waals surface area contributed by atoms with E-state index >= 15 is 0 Å². The minimum atomic E-state index is -0.264. The number of hydrogen-bond donors (Lipinski definition) is 3. The third kappa shape index (κ3) is 10.0. The maximum atomic E-state index is 11.9. The summed E-state index contributed by atoms with van der Waals surface area (Å²) in [5, 5.41) is 17.1. The lowest BCUT2D eigenvalue weighted by Crippen LogP contribution is -2.43. The van der Waals surface area contributed by atoms with E-state index in [0.29, 0.717) is 19.0 Å². The molecule has 1 aromatic heterocycles. The van der Waals surface area contributed by atoms with Gasteiger partial charge in [-0.25, -0.2) is 4.99 Å². The molecule has 25 heavy (non-hydrogen) atoms. The number of nitrogens with zero attached hydrogens (tertiary/aromatic N) is 4. The van der Waals surface area contributed by atoms with E-state index in [4.69, 9.17) is 0 Å². The highest BCUT2D eigenvalue weighted by Crippen LogP contribution is 1.98. The molecule has 1 aromatic rings. The molecular formula is C16H30IN7O. The lowest BCUT2D eigenvalue weighted by Gasteiger charge is -2.20. The number of guanidine groups is 1. The second-order valence-corrected chi connectivity index (χ2v) is 6.35. The zero-order chi connectivity index (χ0) is 18.0. The van der Waals surface area contributed by atoms with Crippen LogP contribution in [0.5, 0.6) is 0 Å². The number of halogens is 1. The first kappa shape index (κ1) is 23.4. The van der Waals surface area contributed by atoms with Crippen molar-refractivity contribution in [3.8, 4) is 0 Å². The number of hydrogen-bond acceptors (Lipinski definition) is 4. The standard InChI is InChI=1S/C16H29N7O.HI/c1-6-8-17-15(19-11-14(24)21-16(3,4)5)18-9-10-23-12-20-22-13(23)7-2;/h6,12H,1,7-11H2,2-5H3,(H,21,24)(H2,17,18,19);1H. The molecule has 0 aliphatic rings. The van der Waals surface area contributed by atoms with Crippen LogP contribution >= 0.6 is 24.0 Å². The molecule has 0 aliphatic carbocycles. The third-order valence-corrected chi connectivity index (χ3v) is 2.97. The minimum absolute atomic E-state index is 0. The van der Waals surface area contributed by atoms with Gasteiger partial charge < -0.3 is 20.5 Å². The Morgan fingerprint density at radius 1 is 1.40 bits per heavy atom. The fourth-order valence-corrected chi connectivity index (χ4v) is 1.99. The summed E-state index contributed by atoms with van der Waals surface area (Å²) in [7, 11) is 0. The lowest BCUT2D eigenvalue weighted by molar-refractivity contribution is -0.121. The van der Waals surface area contributed by atoms with Gasteiger partial charge >= 0.3 is 0 Å². The van der Waals surface area contributed by atoms with Crippen LogP contribution < -0.4 is 16.0 Å². The van der Waals surface area contributed by atoms with Crippen LogP contribution in [0.2, 0.25) is 0 Å². The Balaban J connectivity index is 0.00000576. The summed E-state index contributed by atoms with van der Waals surface area (Å²) in [6.45, 7) is 13.5. The number of aromatic nitrogens is 3. The van der Waals surface area contributed by atoms with Gasteiger partial charge in [0.2, 0.25) is 5.91 Å². The van der Waals surface area contributed by atoms with Crippen molar-refractivity contribution < 1.29 is 4.79 Å². The van der Waals surface area contributed by atoms with Crippen molar-refractivity contribution in [2.24, 2.45) is 4.99 Å². The first-order valence-electron chi connectivity index (χ1n) is 8.16. The van der Waals surface area contributed by atoms with Crippen LogP contribution in [0.1, 0.15) is 33.5 Å². The van der Waals surface area contributed by atoms with Crippen LogP contribution in [0.25, 0.3) is 0 Å². The van der Waals surface area contributed by atoms with Gasteiger partial charge in [-0.1, -0.05) is 13.0 Å². The molecule has 0 bridgehead atoms. The summed E-state index contributed by atoms with van der Waals surface area (Å²) in [4.78, 5) is 16.2. The van der Waals surface area contributed by atoms with Crippen molar-refractivity contribution in [1.82, 2.24) is 30.7 Å². The van der Waals surface area contributed by atoms with Crippen molar-refractivity contribution in [2.45, 2.75) is 46.2 Å². The summed E-state index contributed by atoms with van der Waals surface area (Å²) < 4.78 is 1.99. The maximum Gasteiger partial charge on any atom is 0.242 e. The van der Waals surface area contributed by atoms with Gasteiger partial charge in [-0.05, 0) is 20.8 Å². The summed E-state index contributed by atoms with van der Waals surface area (Å²) in [6.07, 6.45) is 4.29. The second-order valence-electron chi connectivity index (χ2n) is 6.35. The maximum absolute atomic E-state index is 11.9. The van der Waals surface area contributed by atoms with Crippen molar-refractivity contribution in [2.75, 3.05) is 19.6 Å². The number of aryl methyl sites for hydroxylation is 1. The molecule has 0 atom stereocenters. The predicted molar refractivity (Wildman–Crippen MR) is 111 cm³/mol. The van der Waals surface area contributed by atoms with E-state index in [1.54, 1.807) is 12.4 Å². The number of carbonyl (C=O) groups excluding carboxylic acids is 1. The molecule has 1 heterocycles. The molecule has 0 saturated carbocycles. The van der Waals surface area contributed by atoms with E-state index in [1.165, 1.54) is 0 Å². The highest BCUT2D eigenvalue weighted by molar-refractivity contribution is 14.0. The largest absolute Gasteiger partial charge is 0.355 e. The zero-order valence-electron chi connectivity index (χ0n) is 15.5. The van der Waals surface area contributed by atoms with E-state index in [9.17, 15) is 4.79 Å². The first-order valence-corrected chi connectivity index (χ1v) is 8.16. The molecule has 8 nitrogen and oxygen atoms in total. The Labute approximate surface area is 167 Å². The molecule has 1 rings (SSSR count). The van der Waals surface area contributed by atoms with E-state index in [0.717, 1.165) is 18.8 Å². The molecule has 142 valence electrons. The van der Waals surface area contributed by atoms with Crippen LogP contribution in [0.15, 0.2) is 24.0 Å². The Morgan fingerprint density at radius 2 is 2.12 bits per heavy atom. The van der Waals surface area contributed by atoms with Gasteiger partial charge in [-0.15, -0.1) is 40.8 Å². The van der Waals surface area contributed by atoms with Crippen LogP contribution in [-0.2, 0) is 17.8 Å². The highest BCUT2D eigenvalue weighted by atomic mass is 127. The van der Waals surface area contributed by atoms with Gasteiger partial charge in [-0.3, -0.25) is 4.79 Å². The third-order valence-electron chi connectivity index (χ3n) is 2.97. The van der Waals surface area contributed by atoms with Gasteiger partial charge in [0.15, 0.2) is 5.96 Å². The monoisotopic (exact) mass is 463 g/mol. The van der Waals surface area contributed by atoms with E-state index in [2.05, 4.69) is 37.7 Å². The van der Waals surface area contributed by atoms with Crippen molar-refractivity contribution in [3.63, 3.8) is 0 Å². The molecule has 3 N–H and O–H groups in total. The van der Waals surface area contributed by atoms with E-state index < -0.39 is 0 Å². The summed E-state index contributed by atoms with van der Waals surface area (Å²) in [5.41, 5.74) is -0.264. The molecule has 0 fully saturated rings. The summed E-state index contributed by atoms with van der Waals surface area (Å²) in [6, 6.07) is 0. The van der Waals surface area contributed by atoms with E-state index in [1.807, 2.05) is 32.3 Å². The number of aliphatic imine (C=N–C) groups is 1. The van der Waals surface area contributed by atoms with Crippen LogP contribution in [0, 0.1) is 0 Å². The zero-order valence-corrected chi connectivity index (χ0v) is 17.8. The van der Waals surface area contributed by atoms with Crippen LogP contribution in [0.4, 0.5) is 0 Å². The van der Waals surface area contributed by atoms with Gasteiger partial charge in [0.05, 0.1) is 0 Å². The average Bonchev–Trinajstić information content (AvgIpc) is 2.95. The molecule has 9 heteroatoms. The molecule has 0 unspecified atom stereocenters. The quantitative estimate of drug-likeness (QED) is 0.232. The van der Waals surface area contributed by atoms with Gasteiger partial charge in [0.1, 0.15) is 18.7 Å². The smallest absolute Gasteiger partial charge is 0.242 e. The number of amides is 1. The minimum Gasteiger partial charge on any atom is -0.355 e. The molecule has 1 amide bonds. The number of rotatable bonds is 8. The molecule has 0 aromatic carbocycles. The second kappa shape index (κ2) is 11.8. The molecular weight excluding hydrogens is 433 g/mol. The van der Waals surface area contributed by atoms with E-state index in [-0.39, 0.29) is 42.0 Å². The van der Waals surface area contributed by atoms with Gasteiger partial charge in [-0.2, -0.15) is 0 Å². The van der Waals surface area contributed by atoms with Crippen LogP contribution in [0.3, 0.4) is 0 Å². The van der Waals surface area contributed by atoms with Crippen molar-refractivity contribution >= 4 is 35.8 Å². The van der Waals surface area contributed by atoms with Crippen molar-refractivity contribution in [3.05, 3.63) is 24.8 Å². The summed E-state index contributed by atoms with van der Waals surface area (Å²) in [5.74, 6) is 1.40. The average molecular weight is 463 g/mol. The fraction of sp³-hybridized carbons (Fsp3) is 0.625. The molecule has 0 aliphatic heterocycles. The van der Waals surface area contributed by atoms with Gasteiger partial charge in [0.25, 0.3) is 0 Å². The number of carbonyl (C=O) groups is 1. The Hall–Kier alpha value is -1.65. The predicted octanol–water partition coefficient (Wildman–Crippen LogP) is 1.09. The normalized spacial score (nSPS) is 11.4. The first-order chi connectivity index (χ1) is 11.4. The topological polar surface area (TPSA) is 96.2 Å². The number of nitrogens with one attached hydrogen (secondary N) is 3. The van der Waals surface area contributed by atoms with Gasteiger partial charge in [0, 0.05) is 31.6 Å². The highest BCUT2D eigenvalue weighted by Gasteiger charge is 2.13. The molecule has 0 spiro atoms. The molecule has 0 saturated heterocycles. The fourth-order valence-electron chi connectivity index (χ4n) is 1.99. The SMILES string of the molecule is C=CCNC(=NCC(=O)NC(C)(C)C)NCCn1cnnc1CC.I.